The van der Waals surface area contributed by atoms with Gasteiger partial charge in [0, 0.05) is 36.3 Å². The fraction of sp³-hybridized carbons (Fsp3) is 0.292. The number of para-hydroxylation sites is 2. The summed E-state index contributed by atoms with van der Waals surface area (Å²) in [6.07, 6.45) is 3.57. The number of nitrogens with zero attached hydrogens (tertiary/aromatic N) is 3. The van der Waals surface area contributed by atoms with E-state index in [1.807, 2.05) is 30.5 Å². The first-order chi connectivity index (χ1) is 14.7. The molecular weight excluding hydrogens is 374 g/mol. The normalized spacial score (nSPS) is 15.0. The maximum atomic E-state index is 12.7. The molecule has 30 heavy (non-hydrogen) atoms. The number of nitrogens with one attached hydrogen (secondary N) is 2. The lowest BCUT2D eigenvalue weighted by Gasteiger charge is -2.33. The number of H-pyrrole nitrogens is 1. The molecule has 152 valence electrons. The monoisotopic (exact) mass is 399 g/mol. The molecule has 1 fully saturated rings. The lowest BCUT2D eigenvalue weighted by molar-refractivity contribution is -0.125. The zero-order chi connectivity index (χ0) is 20.5. The second kappa shape index (κ2) is 7.78. The molecule has 0 saturated carbocycles. The average Bonchev–Trinajstić information content (AvgIpc) is 3.20. The number of imidazole rings is 1. The van der Waals surface area contributed by atoms with Crippen molar-refractivity contribution < 1.29 is 4.79 Å². The van der Waals surface area contributed by atoms with Crippen molar-refractivity contribution in [3.05, 3.63) is 66.1 Å². The van der Waals surface area contributed by atoms with Crippen molar-refractivity contribution in [2.45, 2.75) is 26.3 Å². The van der Waals surface area contributed by atoms with Gasteiger partial charge in [-0.3, -0.25) is 9.78 Å². The van der Waals surface area contributed by atoms with Crippen LogP contribution in [0.15, 0.2) is 54.7 Å². The molecule has 2 N–H and O–H groups in total. The molecular formula is C24H25N5O. The van der Waals surface area contributed by atoms with Gasteiger partial charge in [-0.25, -0.2) is 4.98 Å². The van der Waals surface area contributed by atoms with Gasteiger partial charge in [-0.05, 0) is 50.1 Å². The predicted molar refractivity (Wildman–Crippen MR) is 119 cm³/mol. The first kappa shape index (κ1) is 18.6. The van der Waals surface area contributed by atoms with E-state index in [4.69, 9.17) is 0 Å². The Morgan fingerprint density at radius 3 is 2.80 bits per heavy atom. The third-order valence-electron chi connectivity index (χ3n) is 5.95. The minimum atomic E-state index is 0.0421. The number of carbonyl (C=O) groups is 1. The average molecular weight is 399 g/mol. The Bertz CT molecular complexity index is 1170. The first-order valence-electron chi connectivity index (χ1n) is 10.5. The molecule has 0 radical (unpaired) electrons. The van der Waals surface area contributed by atoms with Gasteiger partial charge in [0.15, 0.2) is 0 Å². The SMILES string of the molecule is Cc1ccc2nccc(N3CCC(C(=O)NCc4nc5ccccc5[nH]4)CC3)c2c1. The van der Waals surface area contributed by atoms with Crippen LogP contribution < -0.4 is 10.2 Å². The minimum Gasteiger partial charge on any atom is -0.371 e. The third-order valence-corrected chi connectivity index (χ3v) is 5.95. The summed E-state index contributed by atoms with van der Waals surface area (Å²) in [5, 5.41) is 4.25. The number of aryl methyl sites for hydroxylation is 1. The minimum absolute atomic E-state index is 0.0421. The Labute approximate surface area is 175 Å². The Morgan fingerprint density at radius 1 is 1.13 bits per heavy atom. The van der Waals surface area contributed by atoms with Crippen LogP contribution in [0, 0.1) is 12.8 Å². The fourth-order valence-electron chi connectivity index (χ4n) is 4.31. The van der Waals surface area contributed by atoms with Crippen molar-refractivity contribution in [2.75, 3.05) is 18.0 Å². The molecule has 0 atom stereocenters. The molecule has 0 bridgehead atoms. The van der Waals surface area contributed by atoms with Crippen LogP contribution in [0.1, 0.15) is 24.2 Å². The smallest absolute Gasteiger partial charge is 0.223 e. The highest BCUT2D eigenvalue weighted by atomic mass is 16.1. The first-order valence-corrected chi connectivity index (χ1v) is 10.5. The van der Waals surface area contributed by atoms with E-state index in [1.54, 1.807) is 0 Å². The van der Waals surface area contributed by atoms with Gasteiger partial charge in [0.1, 0.15) is 5.82 Å². The summed E-state index contributed by atoms with van der Waals surface area (Å²) < 4.78 is 0. The summed E-state index contributed by atoms with van der Waals surface area (Å²) in [5.74, 6) is 0.951. The number of hydrogen-bond acceptors (Lipinski definition) is 4. The topological polar surface area (TPSA) is 73.9 Å². The lowest BCUT2D eigenvalue weighted by Crippen LogP contribution is -2.40. The molecule has 1 amide bonds. The van der Waals surface area contributed by atoms with Crippen LogP contribution in [0.2, 0.25) is 0 Å². The van der Waals surface area contributed by atoms with E-state index in [2.05, 4.69) is 56.4 Å². The Kier molecular flexibility index (Phi) is 4.83. The molecule has 2 aromatic carbocycles. The van der Waals surface area contributed by atoms with Gasteiger partial charge in [0.05, 0.1) is 23.1 Å². The molecule has 2 aromatic heterocycles. The highest BCUT2D eigenvalue weighted by molar-refractivity contribution is 5.92. The number of amides is 1. The molecule has 5 rings (SSSR count). The molecule has 0 unspecified atom stereocenters. The molecule has 1 aliphatic rings. The van der Waals surface area contributed by atoms with Gasteiger partial charge >= 0.3 is 0 Å². The number of anilines is 1. The number of aromatic nitrogens is 3. The van der Waals surface area contributed by atoms with Crippen LogP contribution >= 0.6 is 0 Å². The van der Waals surface area contributed by atoms with Crippen LogP contribution in [0.25, 0.3) is 21.9 Å². The Morgan fingerprint density at radius 2 is 1.97 bits per heavy atom. The number of hydrogen-bond donors (Lipinski definition) is 2. The summed E-state index contributed by atoms with van der Waals surface area (Å²) in [4.78, 5) is 27.4. The number of rotatable bonds is 4. The van der Waals surface area contributed by atoms with Crippen molar-refractivity contribution in [2.24, 2.45) is 5.92 Å². The van der Waals surface area contributed by atoms with Gasteiger partial charge < -0.3 is 15.2 Å². The maximum Gasteiger partial charge on any atom is 0.223 e. The summed E-state index contributed by atoms with van der Waals surface area (Å²) >= 11 is 0. The van der Waals surface area contributed by atoms with Gasteiger partial charge in [-0.1, -0.05) is 23.8 Å². The number of piperidine rings is 1. The standard InChI is InChI=1S/C24H25N5O/c1-16-6-7-19-18(14-16)22(8-11-25-19)29-12-9-17(10-13-29)24(30)26-15-23-27-20-4-2-3-5-21(20)28-23/h2-8,11,14,17H,9-10,12-13,15H2,1H3,(H,26,30)(H,27,28). The maximum absolute atomic E-state index is 12.7. The molecule has 6 heteroatoms. The second-order valence-electron chi connectivity index (χ2n) is 8.03. The van der Waals surface area contributed by atoms with Gasteiger partial charge in [-0.2, -0.15) is 0 Å². The molecule has 3 heterocycles. The van der Waals surface area contributed by atoms with Crippen LogP contribution in [0.5, 0.6) is 0 Å². The predicted octanol–water partition coefficient (Wildman–Crippen LogP) is 3.95. The molecule has 0 spiro atoms. The lowest BCUT2D eigenvalue weighted by atomic mass is 9.95. The summed E-state index contributed by atoms with van der Waals surface area (Å²) in [5.41, 5.74) is 5.38. The van der Waals surface area contributed by atoms with E-state index < -0.39 is 0 Å². The number of pyridine rings is 1. The van der Waals surface area contributed by atoms with Crippen molar-refractivity contribution in [1.29, 1.82) is 0 Å². The zero-order valence-electron chi connectivity index (χ0n) is 17.1. The highest BCUT2D eigenvalue weighted by Gasteiger charge is 2.26. The van der Waals surface area contributed by atoms with E-state index in [-0.39, 0.29) is 11.8 Å². The van der Waals surface area contributed by atoms with E-state index in [1.165, 1.54) is 16.6 Å². The summed E-state index contributed by atoms with van der Waals surface area (Å²) in [6.45, 7) is 4.28. The van der Waals surface area contributed by atoms with Crippen LogP contribution in [0.3, 0.4) is 0 Å². The van der Waals surface area contributed by atoms with Gasteiger partial charge in [0.25, 0.3) is 0 Å². The zero-order valence-corrected chi connectivity index (χ0v) is 17.1. The highest BCUT2D eigenvalue weighted by Crippen LogP contribution is 2.30. The summed E-state index contributed by atoms with van der Waals surface area (Å²) in [7, 11) is 0. The Balaban J connectivity index is 1.21. The number of fused-ring (bicyclic) bond motifs is 2. The second-order valence-corrected chi connectivity index (χ2v) is 8.03. The van der Waals surface area contributed by atoms with E-state index >= 15 is 0 Å². The molecule has 1 saturated heterocycles. The molecule has 6 nitrogen and oxygen atoms in total. The van der Waals surface area contributed by atoms with Gasteiger partial charge in [-0.15, -0.1) is 0 Å². The number of carbonyl (C=O) groups excluding carboxylic acids is 1. The molecule has 1 aliphatic heterocycles. The van der Waals surface area contributed by atoms with Crippen molar-refractivity contribution in [1.82, 2.24) is 20.3 Å². The van der Waals surface area contributed by atoms with Crippen molar-refractivity contribution >= 4 is 33.5 Å². The quantitative estimate of drug-likeness (QED) is 0.545. The summed E-state index contributed by atoms with van der Waals surface area (Å²) in [6, 6.07) is 16.4. The largest absolute Gasteiger partial charge is 0.371 e. The third kappa shape index (κ3) is 3.61. The van der Waals surface area contributed by atoms with Crippen LogP contribution in [-0.4, -0.2) is 33.9 Å². The van der Waals surface area contributed by atoms with Gasteiger partial charge in [0.2, 0.25) is 5.91 Å². The Hall–Kier alpha value is -3.41. The van der Waals surface area contributed by atoms with E-state index in [0.717, 1.165) is 48.3 Å². The van der Waals surface area contributed by atoms with Crippen LogP contribution in [-0.2, 0) is 11.3 Å². The fourth-order valence-corrected chi connectivity index (χ4v) is 4.31. The number of aromatic amines is 1. The van der Waals surface area contributed by atoms with Crippen molar-refractivity contribution in [3.8, 4) is 0 Å². The molecule has 4 aromatic rings. The molecule has 0 aliphatic carbocycles. The number of benzene rings is 2. The van der Waals surface area contributed by atoms with Crippen LogP contribution in [0.4, 0.5) is 5.69 Å². The van der Waals surface area contributed by atoms with E-state index in [9.17, 15) is 4.79 Å². The van der Waals surface area contributed by atoms with Crippen molar-refractivity contribution in [3.63, 3.8) is 0 Å². The van der Waals surface area contributed by atoms with E-state index in [0.29, 0.717) is 6.54 Å².